The molecule has 9 nitrogen and oxygen atoms in total. The molecule has 2 aliphatic rings. The van der Waals surface area contributed by atoms with Gasteiger partial charge in [0.15, 0.2) is 5.78 Å². The monoisotopic (exact) mass is 431 g/mol. The van der Waals surface area contributed by atoms with Crippen molar-refractivity contribution in [1.82, 2.24) is 19.4 Å². The largest absolute Gasteiger partial charge is 0.384 e. The van der Waals surface area contributed by atoms with Gasteiger partial charge in [0.1, 0.15) is 11.4 Å². The number of amides is 1. The van der Waals surface area contributed by atoms with Crippen LogP contribution < -0.4 is 17.0 Å². The molecule has 0 unspecified atom stereocenters. The standard InChI is InChI=1S/C20H22ClN5O4/c21-13-3-1-2-12(10-13)19(29)25-8-6-24(7-9-25)11-15(27)16-17(22)26(14-4-5-14)20(30)23-18(16)28/h1-3,10,14H,4-9,11,22H2,(H,23,28,30). The van der Waals surface area contributed by atoms with Crippen molar-refractivity contribution in [2.45, 2.75) is 18.9 Å². The van der Waals surface area contributed by atoms with E-state index in [9.17, 15) is 19.2 Å². The Morgan fingerprint density at radius 1 is 1.13 bits per heavy atom. The first kappa shape index (κ1) is 20.4. The number of aromatic amines is 1. The van der Waals surface area contributed by atoms with E-state index >= 15 is 0 Å². The van der Waals surface area contributed by atoms with Crippen LogP contribution in [0.2, 0.25) is 5.02 Å². The van der Waals surface area contributed by atoms with Crippen molar-refractivity contribution in [3.8, 4) is 0 Å². The topological polar surface area (TPSA) is 122 Å². The summed E-state index contributed by atoms with van der Waals surface area (Å²) in [4.78, 5) is 55.4. The first-order valence-electron chi connectivity index (χ1n) is 9.80. The lowest BCUT2D eigenvalue weighted by atomic mass is 10.1. The van der Waals surface area contributed by atoms with E-state index in [2.05, 4.69) is 4.98 Å². The van der Waals surface area contributed by atoms with Crippen molar-refractivity contribution in [3.63, 3.8) is 0 Å². The fraction of sp³-hybridized carbons (Fsp3) is 0.400. The lowest BCUT2D eigenvalue weighted by Gasteiger charge is -2.34. The molecule has 3 N–H and O–H groups in total. The van der Waals surface area contributed by atoms with Crippen LogP contribution in [-0.2, 0) is 0 Å². The number of nitrogen functional groups attached to an aromatic ring is 1. The molecule has 0 bridgehead atoms. The molecule has 0 radical (unpaired) electrons. The molecule has 1 aliphatic heterocycles. The number of piperazine rings is 1. The van der Waals surface area contributed by atoms with Crippen molar-refractivity contribution >= 4 is 29.1 Å². The van der Waals surface area contributed by atoms with Crippen LogP contribution in [0.5, 0.6) is 0 Å². The highest BCUT2D eigenvalue weighted by atomic mass is 35.5. The smallest absolute Gasteiger partial charge is 0.330 e. The summed E-state index contributed by atoms with van der Waals surface area (Å²) in [6, 6.07) is 6.73. The zero-order valence-electron chi connectivity index (χ0n) is 16.3. The Hall–Kier alpha value is -2.91. The van der Waals surface area contributed by atoms with Gasteiger partial charge in [-0.2, -0.15) is 0 Å². The maximum Gasteiger partial charge on any atom is 0.330 e. The molecule has 0 atom stereocenters. The minimum absolute atomic E-state index is 0.00462. The van der Waals surface area contributed by atoms with E-state index in [1.54, 1.807) is 29.2 Å². The average Bonchev–Trinajstić information content (AvgIpc) is 3.52. The van der Waals surface area contributed by atoms with Gasteiger partial charge in [0.2, 0.25) is 0 Å². The lowest BCUT2D eigenvalue weighted by Crippen LogP contribution is -2.50. The van der Waals surface area contributed by atoms with Crippen LogP contribution in [0.25, 0.3) is 0 Å². The number of carbonyl (C=O) groups excluding carboxylic acids is 2. The molecule has 1 aliphatic carbocycles. The van der Waals surface area contributed by atoms with Gasteiger partial charge in [-0.15, -0.1) is 0 Å². The summed E-state index contributed by atoms with van der Waals surface area (Å²) in [7, 11) is 0. The summed E-state index contributed by atoms with van der Waals surface area (Å²) >= 11 is 5.96. The third kappa shape index (κ3) is 4.03. The molecule has 30 heavy (non-hydrogen) atoms. The molecule has 1 aromatic heterocycles. The van der Waals surface area contributed by atoms with Gasteiger partial charge in [-0.25, -0.2) is 4.79 Å². The third-order valence-corrected chi connectivity index (χ3v) is 5.71. The molecule has 158 valence electrons. The van der Waals surface area contributed by atoms with Crippen LogP contribution >= 0.6 is 11.6 Å². The number of rotatable bonds is 5. The van der Waals surface area contributed by atoms with Crippen molar-refractivity contribution in [1.29, 1.82) is 0 Å². The van der Waals surface area contributed by atoms with E-state index in [0.717, 1.165) is 12.8 Å². The van der Waals surface area contributed by atoms with E-state index in [1.807, 2.05) is 4.90 Å². The molecule has 2 fully saturated rings. The molecular formula is C20H22ClN5O4. The number of Topliss-reactive ketones (excluding diaryl/α,β-unsaturated/α-hetero) is 1. The third-order valence-electron chi connectivity index (χ3n) is 5.47. The molecule has 1 aromatic carbocycles. The predicted octanol–water partition coefficient (Wildman–Crippen LogP) is 0.748. The summed E-state index contributed by atoms with van der Waals surface area (Å²) < 4.78 is 1.30. The lowest BCUT2D eigenvalue weighted by molar-refractivity contribution is 0.0624. The highest BCUT2D eigenvalue weighted by Gasteiger charge is 2.31. The highest BCUT2D eigenvalue weighted by molar-refractivity contribution is 6.30. The molecule has 2 heterocycles. The Kier molecular flexibility index (Phi) is 5.48. The van der Waals surface area contributed by atoms with Crippen LogP contribution in [-0.4, -0.2) is 63.8 Å². The minimum Gasteiger partial charge on any atom is -0.384 e. The molecule has 2 aromatic rings. The van der Waals surface area contributed by atoms with Gasteiger partial charge in [0.05, 0.1) is 6.54 Å². The van der Waals surface area contributed by atoms with E-state index in [1.165, 1.54) is 4.57 Å². The summed E-state index contributed by atoms with van der Waals surface area (Å²) in [6.07, 6.45) is 1.60. The Balaban J connectivity index is 1.42. The average molecular weight is 432 g/mol. The van der Waals surface area contributed by atoms with Gasteiger partial charge in [0.25, 0.3) is 11.5 Å². The molecule has 0 spiro atoms. The second-order valence-electron chi connectivity index (χ2n) is 7.62. The van der Waals surface area contributed by atoms with Crippen molar-refractivity contribution in [3.05, 3.63) is 61.3 Å². The van der Waals surface area contributed by atoms with Crippen LogP contribution in [0.15, 0.2) is 33.9 Å². The number of halogens is 1. The van der Waals surface area contributed by atoms with Crippen LogP contribution in [0.1, 0.15) is 39.6 Å². The van der Waals surface area contributed by atoms with E-state index in [-0.39, 0.29) is 29.9 Å². The number of aromatic nitrogens is 2. The van der Waals surface area contributed by atoms with Crippen molar-refractivity contribution in [2.75, 3.05) is 38.5 Å². The fourth-order valence-electron chi connectivity index (χ4n) is 3.73. The number of hydrogen-bond donors (Lipinski definition) is 2. The van der Waals surface area contributed by atoms with Gasteiger partial charge in [-0.1, -0.05) is 17.7 Å². The molecule has 1 saturated heterocycles. The van der Waals surface area contributed by atoms with Crippen molar-refractivity contribution in [2.24, 2.45) is 0 Å². The second kappa shape index (κ2) is 8.08. The predicted molar refractivity (Wildman–Crippen MR) is 112 cm³/mol. The van der Waals surface area contributed by atoms with Crippen LogP contribution in [0, 0.1) is 0 Å². The highest BCUT2D eigenvalue weighted by Crippen LogP contribution is 2.35. The Morgan fingerprint density at radius 3 is 2.47 bits per heavy atom. The number of nitrogens with two attached hydrogens (primary N) is 1. The summed E-state index contributed by atoms with van der Waals surface area (Å²) in [5.41, 5.74) is 5.03. The number of nitrogens with zero attached hydrogens (tertiary/aromatic N) is 3. The normalized spacial score (nSPS) is 17.2. The van der Waals surface area contributed by atoms with Gasteiger partial charge < -0.3 is 10.6 Å². The number of nitrogens with one attached hydrogen (secondary N) is 1. The number of ketones is 1. The van der Waals surface area contributed by atoms with Crippen LogP contribution in [0.4, 0.5) is 5.82 Å². The summed E-state index contributed by atoms with van der Waals surface area (Å²) in [5.74, 6) is -0.607. The van der Waals surface area contributed by atoms with E-state index in [4.69, 9.17) is 17.3 Å². The number of benzene rings is 1. The van der Waals surface area contributed by atoms with Crippen LogP contribution in [0.3, 0.4) is 0 Å². The number of hydrogen-bond acceptors (Lipinski definition) is 6. The Bertz CT molecular complexity index is 1110. The first-order valence-corrected chi connectivity index (χ1v) is 10.2. The van der Waals surface area contributed by atoms with E-state index in [0.29, 0.717) is 36.8 Å². The second-order valence-corrected chi connectivity index (χ2v) is 8.06. The number of anilines is 1. The fourth-order valence-corrected chi connectivity index (χ4v) is 3.92. The zero-order chi connectivity index (χ0) is 21.4. The molecule has 4 rings (SSSR count). The van der Waals surface area contributed by atoms with Gasteiger partial charge in [0, 0.05) is 42.8 Å². The molecule has 10 heteroatoms. The maximum absolute atomic E-state index is 12.8. The Morgan fingerprint density at radius 2 is 1.83 bits per heavy atom. The van der Waals surface area contributed by atoms with E-state index < -0.39 is 17.0 Å². The van der Waals surface area contributed by atoms with Gasteiger partial charge in [-0.05, 0) is 31.0 Å². The molecule has 1 amide bonds. The SMILES string of the molecule is Nc1c(C(=O)CN2CCN(C(=O)c3cccc(Cl)c3)CC2)c(=O)[nH]c(=O)n1C1CC1. The minimum atomic E-state index is -0.755. The number of carbonyl (C=O) groups is 2. The van der Waals surface area contributed by atoms with Gasteiger partial charge >= 0.3 is 5.69 Å². The quantitative estimate of drug-likeness (QED) is 0.673. The Labute approximate surface area is 177 Å². The first-order chi connectivity index (χ1) is 14.3. The molecule has 1 saturated carbocycles. The van der Waals surface area contributed by atoms with Gasteiger partial charge in [-0.3, -0.25) is 28.8 Å². The molecular weight excluding hydrogens is 410 g/mol. The van der Waals surface area contributed by atoms with Crippen molar-refractivity contribution < 1.29 is 9.59 Å². The number of H-pyrrole nitrogens is 1. The zero-order valence-corrected chi connectivity index (χ0v) is 17.0. The summed E-state index contributed by atoms with van der Waals surface area (Å²) in [5, 5.41) is 0.500. The maximum atomic E-state index is 12.8. The summed E-state index contributed by atoms with van der Waals surface area (Å²) in [6.45, 7) is 1.86.